The minimum atomic E-state index is -0.400. The Labute approximate surface area is 144 Å². The summed E-state index contributed by atoms with van der Waals surface area (Å²) in [5, 5.41) is 8.08. The van der Waals surface area contributed by atoms with Crippen molar-refractivity contribution in [1.29, 1.82) is 0 Å². The minimum absolute atomic E-state index is 0.0790. The van der Waals surface area contributed by atoms with E-state index in [4.69, 9.17) is 0 Å². The molecule has 0 saturated heterocycles. The number of nitrogens with one attached hydrogen (secondary N) is 2. The van der Waals surface area contributed by atoms with Crippen LogP contribution in [0.5, 0.6) is 0 Å². The van der Waals surface area contributed by atoms with E-state index in [1.807, 2.05) is 17.5 Å². The van der Waals surface area contributed by atoms with Crippen molar-refractivity contribution >= 4 is 23.2 Å². The molecule has 0 bridgehead atoms. The number of halogens is 1. The van der Waals surface area contributed by atoms with Gasteiger partial charge >= 0.3 is 0 Å². The van der Waals surface area contributed by atoms with Crippen molar-refractivity contribution in [3.8, 4) is 0 Å². The van der Waals surface area contributed by atoms with Gasteiger partial charge in [0.15, 0.2) is 5.96 Å². The number of amides is 1. The molecule has 1 amide bonds. The van der Waals surface area contributed by atoms with Crippen LogP contribution >= 0.6 is 11.3 Å². The van der Waals surface area contributed by atoms with Gasteiger partial charge in [0.1, 0.15) is 5.82 Å². The number of likely N-dealkylation sites (N-methyl/N-ethyl adjacent to an activating group) is 1. The lowest BCUT2D eigenvalue weighted by atomic mass is 10.3. The third-order valence-electron chi connectivity index (χ3n) is 3.14. The standard InChI is InChI=1S/C16H20FN5OS/c1-22(2)15(23)11-21-16(19-9-12-5-4-8-24-12)20-10-14-13(17)6-3-7-18-14/h3-8H,9-11H2,1-2H3,(H2,19,20,21). The van der Waals surface area contributed by atoms with Gasteiger partial charge in [-0.25, -0.2) is 9.38 Å². The van der Waals surface area contributed by atoms with Crippen LogP contribution in [0.2, 0.25) is 0 Å². The van der Waals surface area contributed by atoms with Gasteiger partial charge in [-0.3, -0.25) is 9.78 Å². The fourth-order valence-corrected chi connectivity index (χ4v) is 2.41. The van der Waals surface area contributed by atoms with Gasteiger partial charge in [0.25, 0.3) is 0 Å². The Hall–Kier alpha value is -2.48. The minimum Gasteiger partial charge on any atom is -0.351 e. The van der Waals surface area contributed by atoms with Crippen molar-refractivity contribution in [3.05, 3.63) is 52.2 Å². The zero-order valence-corrected chi connectivity index (χ0v) is 14.4. The van der Waals surface area contributed by atoms with Crippen LogP contribution in [0.15, 0.2) is 40.8 Å². The van der Waals surface area contributed by atoms with Gasteiger partial charge in [-0.1, -0.05) is 6.07 Å². The quantitative estimate of drug-likeness (QED) is 0.614. The molecule has 0 unspecified atom stereocenters. The van der Waals surface area contributed by atoms with Crippen molar-refractivity contribution in [2.45, 2.75) is 13.1 Å². The maximum absolute atomic E-state index is 13.6. The summed E-state index contributed by atoms with van der Waals surface area (Å²) in [4.78, 5) is 22.6. The number of carbonyl (C=O) groups excluding carboxylic acids is 1. The average molecular weight is 349 g/mol. The van der Waals surface area contributed by atoms with Gasteiger partial charge in [-0.15, -0.1) is 11.3 Å². The highest BCUT2D eigenvalue weighted by Gasteiger charge is 2.07. The highest BCUT2D eigenvalue weighted by Crippen LogP contribution is 2.07. The maximum atomic E-state index is 13.6. The summed E-state index contributed by atoms with van der Waals surface area (Å²) < 4.78 is 13.6. The first-order valence-electron chi connectivity index (χ1n) is 7.40. The van der Waals surface area contributed by atoms with E-state index in [0.717, 1.165) is 4.88 Å². The average Bonchev–Trinajstić information content (AvgIpc) is 3.08. The molecule has 6 nitrogen and oxygen atoms in total. The molecule has 0 spiro atoms. The topological polar surface area (TPSA) is 69.6 Å². The molecule has 128 valence electrons. The zero-order valence-electron chi connectivity index (χ0n) is 13.6. The summed E-state index contributed by atoms with van der Waals surface area (Å²) in [7, 11) is 3.37. The summed E-state index contributed by atoms with van der Waals surface area (Å²) in [6.45, 7) is 0.765. The van der Waals surface area contributed by atoms with Crippen molar-refractivity contribution < 1.29 is 9.18 Å². The lowest BCUT2D eigenvalue weighted by molar-refractivity contribution is -0.127. The van der Waals surface area contributed by atoms with E-state index in [1.54, 1.807) is 25.4 Å². The van der Waals surface area contributed by atoms with Crippen molar-refractivity contribution in [2.75, 3.05) is 20.6 Å². The summed E-state index contributed by atoms with van der Waals surface area (Å²) >= 11 is 1.62. The monoisotopic (exact) mass is 349 g/mol. The number of aromatic nitrogens is 1. The van der Waals surface area contributed by atoms with Crippen LogP contribution < -0.4 is 10.6 Å². The smallest absolute Gasteiger partial charge is 0.241 e. The van der Waals surface area contributed by atoms with E-state index in [9.17, 15) is 9.18 Å². The van der Waals surface area contributed by atoms with Gasteiger partial charge in [-0.05, 0) is 23.6 Å². The molecular formula is C16H20FN5OS. The van der Waals surface area contributed by atoms with Crippen LogP contribution in [-0.4, -0.2) is 42.4 Å². The van der Waals surface area contributed by atoms with Crippen molar-refractivity contribution in [2.24, 2.45) is 4.99 Å². The molecule has 24 heavy (non-hydrogen) atoms. The Morgan fingerprint density at radius 1 is 1.33 bits per heavy atom. The van der Waals surface area contributed by atoms with Crippen LogP contribution in [0.3, 0.4) is 0 Å². The number of nitrogens with zero attached hydrogens (tertiary/aromatic N) is 3. The molecule has 0 saturated carbocycles. The van der Waals surface area contributed by atoms with E-state index >= 15 is 0 Å². The predicted molar refractivity (Wildman–Crippen MR) is 93.2 cm³/mol. The highest BCUT2D eigenvalue weighted by atomic mass is 32.1. The maximum Gasteiger partial charge on any atom is 0.241 e. The second-order valence-electron chi connectivity index (χ2n) is 5.17. The Kier molecular flexibility index (Phi) is 6.68. The summed E-state index contributed by atoms with van der Waals surface area (Å²) in [6.07, 6.45) is 1.52. The molecule has 0 aliphatic heterocycles. The normalized spacial score (nSPS) is 11.2. The van der Waals surface area contributed by atoms with Crippen molar-refractivity contribution in [3.63, 3.8) is 0 Å². The Morgan fingerprint density at radius 3 is 2.83 bits per heavy atom. The zero-order chi connectivity index (χ0) is 17.4. The van der Waals surface area contributed by atoms with E-state index in [0.29, 0.717) is 12.5 Å². The first-order chi connectivity index (χ1) is 11.6. The van der Waals surface area contributed by atoms with Gasteiger partial charge in [0, 0.05) is 25.2 Å². The van der Waals surface area contributed by atoms with E-state index in [1.165, 1.54) is 23.2 Å². The number of hydrogen-bond donors (Lipinski definition) is 2. The second-order valence-corrected chi connectivity index (χ2v) is 6.20. The number of carbonyl (C=O) groups is 1. The number of aliphatic imine (C=N–C) groups is 1. The van der Waals surface area contributed by atoms with Gasteiger partial charge in [0.05, 0.1) is 25.3 Å². The molecule has 2 rings (SSSR count). The number of thiophene rings is 1. The van der Waals surface area contributed by atoms with Gasteiger partial charge in [0.2, 0.25) is 5.91 Å². The number of guanidine groups is 1. The first kappa shape index (κ1) is 17.9. The molecule has 0 aliphatic rings. The molecule has 2 N–H and O–H groups in total. The summed E-state index contributed by atoms with van der Waals surface area (Å²) in [5.74, 6) is -0.0449. The van der Waals surface area contributed by atoms with Crippen LogP contribution in [0.1, 0.15) is 10.6 Å². The van der Waals surface area contributed by atoms with Crippen LogP contribution in [0.25, 0.3) is 0 Å². The Balaban J connectivity index is 2.01. The Morgan fingerprint density at radius 2 is 2.17 bits per heavy atom. The van der Waals surface area contributed by atoms with E-state index in [2.05, 4.69) is 20.6 Å². The molecule has 2 aromatic rings. The SMILES string of the molecule is CN(C)C(=O)CNC(=NCc1ncccc1F)NCc1cccs1. The van der Waals surface area contributed by atoms with E-state index < -0.39 is 5.82 Å². The molecule has 0 aliphatic carbocycles. The molecule has 0 atom stereocenters. The fraction of sp³-hybridized carbons (Fsp3) is 0.312. The summed E-state index contributed by atoms with van der Waals surface area (Å²) in [5.41, 5.74) is 0.258. The lowest BCUT2D eigenvalue weighted by Crippen LogP contribution is -2.42. The second kappa shape index (κ2) is 8.97. The van der Waals surface area contributed by atoms with Crippen LogP contribution in [0.4, 0.5) is 4.39 Å². The van der Waals surface area contributed by atoms with Crippen LogP contribution in [0, 0.1) is 5.82 Å². The number of rotatable bonds is 6. The molecule has 0 radical (unpaired) electrons. The third-order valence-corrected chi connectivity index (χ3v) is 4.01. The van der Waals surface area contributed by atoms with Crippen molar-refractivity contribution in [1.82, 2.24) is 20.5 Å². The molecular weight excluding hydrogens is 329 g/mol. The molecule has 2 heterocycles. The fourth-order valence-electron chi connectivity index (χ4n) is 1.76. The Bertz CT molecular complexity index is 688. The molecule has 0 aromatic carbocycles. The molecule has 2 aromatic heterocycles. The first-order valence-corrected chi connectivity index (χ1v) is 8.28. The summed E-state index contributed by atoms with van der Waals surface area (Å²) in [6, 6.07) is 6.84. The van der Waals surface area contributed by atoms with Crippen LogP contribution in [-0.2, 0) is 17.9 Å². The third kappa shape index (κ3) is 5.62. The lowest BCUT2D eigenvalue weighted by Gasteiger charge is -2.14. The molecule has 0 fully saturated rings. The van der Waals surface area contributed by atoms with Gasteiger partial charge in [-0.2, -0.15) is 0 Å². The van der Waals surface area contributed by atoms with Gasteiger partial charge < -0.3 is 15.5 Å². The largest absolute Gasteiger partial charge is 0.351 e. The highest BCUT2D eigenvalue weighted by molar-refractivity contribution is 7.09. The van der Waals surface area contributed by atoms with E-state index in [-0.39, 0.29) is 24.7 Å². The predicted octanol–water partition coefficient (Wildman–Crippen LogP) is 1.61. The number of pyridine rings is 1. The number of hydrogen-bond acceptors (Lipinski definition) is 4. The molecule has 8 heteroatoms.